The lowest BCUT2D eigenvalue weighted by atomic mass is 9.93. The van der Waals surface area contributed by atoms with Crippen LogP contribution in [-0.4, -0.2) is 24.1 Å². The topological polar surface area (TPSA) is 96.8 Å². The van der Waals surface area contributed by atoms with E-state index in [1.807, 2.05) is 44.4 Å². The third-order valence-corrected chi connectivity index (χ3v) is 7.71. The molecular weight excluding hydrogens is 474 g/mol. The van der Waals surface area contributed by atoms with Crippen molar-refractivity contribution in [2.24, 2.45) is 5.10 Å². The summed E-state index contributed by atoms with van der Waals surface area (Å²) >= 11 is 1.68. The summed E-state index contributed by atoms with van der Waals surface area (Å²) in [7, 11) is 0. The molecule has 0 aliphatic heterocycles. The van der Waals surface area contributed by atoms with Gasteiger partial charge in [0.1, 0.15) is 11.3 Å². The molecule has 2 N–H and O–H groups in total. The number of benzene rings is 1. The molecule has 0 unspecified atom stereocenters. The van der Waals surface area contributed by atoms with E-state index < -0.39 is 0 Å². The van der Waals surface area contributed by atoms with Crippen LogP contribution in [-0.2, 0) is 24.1 Å². The number of carbonyl (C=O) groups excluding carboxylic acids is 2. The lowest BCUT2D eigenvalue weighted by Crippen LogP contribution is -2.26. The Kier molecular flexibility index (Phi) is 6.78. The minimum Gasteiger partial charge on any atom is -0.464 e. The van der Waals surface area contributed by atoms with Crippen LogP contribution >= 0.6 is 11.3 Å². The molecule has 186 valence electrons. The predicted octanol–water partition coefficient (Wildman–Crippen LogP) is 5.38. The van der Waals surface area contributed by atoms with Gasteiger partial charge in [-0.15, -0.1) is 11.3 Å². The zero-order chi connectivity index (χ0) is 25.2. The van der Waals surface area contributed by atoms with E-state index in [1.165, 1.54) is 4.88 Å². The maximum absolute atomic E-state index is 12.8. The van der Waals surface area contributed by atoms with Gasteiger partial charge < -0.3 is 14.2 Å². The molecular formula is C28H29N3O4S. The lowest BCUT2D eigenvalue weighted by Gasteiger charge is -2.13. The van der Waals surface area contributed by atoms with Gasteiger partial charge in [0.05, 0.1) is 18.4 Å². The first-order valence-corrected chi connectivity index (χ1v) is 13.0. The SMILES string of the molecule is Cc1ccc2c(CC(=O)N/N=C3\CCCc4oc(C(=O)NCCc5cccs5)c(C)c43)coc2c1C. The van der Waals surface area contributed by atoms with E-state index in [1.54, 1.807) is 17.6 Å². The van der Waals surface area contributed by atoms with Gasteiger partial charge in [-0.05, 0) is 62.6 Å². The lowest BCUT2D eigenvalue weighted by molar-refractivity contribution is -0.120. The Bertz CT molecular complexity index is 1460. The molecule has 3 aromatic heterocycles. The highest BCUT2D eigenvalue weighted by molar-refractivity contribution is 7.09. The number of hydrazone groups is 1. The van der Waals surface area contributed by atoms with Gasteiger partial charge in [-0.3, -0.25) is 9.59 Å². The summed E-state index contributed by atoms with van der Waals surface area (Å²) in [6.45, 7) is 6.48. The van der Waals surface area contributed by atoms with Gasteiger partial charge in [-0.1, -0.05) is 18.2 Å². The predicted molar refractivity (Wildman–Crippen MR) is 141 cm³/mol. The van der Waals surface area contributed by atoms with Gasteiger partial charge in [-0.2, -0.15) is 5.10 Å². The van der Waals surface area contributed by atoms with Crippen LogP contribution in [0, 0.1) is 20.8 Å². The number of thiophene rings is 1. The zero-order valence-electron chi connectivity index (χ0n) is 20.7. The van der Waals surface area contributed by atoms with Crippen molar-refractivity contribution in [3.63, 3.8) is 0 Å². The monoisotopic (exact) mass is 503 g/mol. The van der Waals surface area contributed by atoms with Crippen molar-refractivity contribution >= 4 is 39.8 Å². The number of amides is 2. The summed E-state index contributed by atoms with van der Waals surface area (Å²) in [5, 5.41) is 10.4. The van der Waals surface area contributed by atoms with Crippen molar-refractivity contribution in [1.82, 2.24) is 10.7 Å². The number of aryl methyl sites for hydroxylation is 3. The molecule has 0 atom stereocenters. The van der Waals surface area contributed by atoms with Gasteiger partial charge in [0.2, 0.25) is 5.91 Å². The van der Waals surface area contributed by atoms with E-state index in [4.69, 9.17) is 8.83 Å². The summed E-state index contributed by atoms with van der Waals surface area (Å²) in [6.07, 6.45) is 4.89. The molecule has 0 bridgehead atoms. The molecule has 4 aromatic rings. The highest BCUT2D eigenvalue weighted by Crippen LogP contribution is 2.30. The highest BCUT2D eigenvalue weighted by Gasteiger charge is 2.28. The van der Waals surface area contributed by atoms with Crippen LogP contribution in [0.15, 0.2) is 49.8 Å². The molecule has 0 saturated carbocycles. The zero-order valence-corrected chi connectivity index (χ0v) is 21.5. The standard InChI is InChI=1S/C28H29N3O4S/c1-16-9-10-21-19(15-34-26(21)17(16)2)14-24(32)31-30-22-7-4-8-23-25(22)18(3)27(35-23)28(33)29-12-11-20-6-5-13-36-20/h5-6,9-10,13,15H,4,7-8,11-12,14H2,1-3H3,(H,29,33)(H,31,32)/b30-22+. The maximum atomic E-state index is 12.8. The second-order valence-electron chi connectivity index (χ2n) is 9.21. The number of nitrogens with one attached hydrogen (secondary N) is 2. The number of nitrogens with zero attached hydrogens (tertiary/aromatic N) is 1. The molecule has 1 aliphatic carbocycles. The van der Waals surface area contributed by atoms with E-state index in [9.17, 15) is 9.59 Å². The number of hydrogen-bond donors (Lipinski definition) is 2. The Morgan fingerprint density at radius 2 is 1.97 bits per heavy atom. The van der Waals surface area contributed by atoms with Crippen molar-refractivity contribution in [2.45, 2.75) is 52.9 Å². The normalized spacial score (nSPS) is 14.2. The van der Waals surface area contributed by atoms with Crippen LogP contribution in [0.1, 0.15) is 61.9 Å². The van der Waals surface area contributed by atoms with Crippen LogP contribution < -0.4 is 10.7 Å². The van der Waals surface area contributed by atoms with Crippen molar-refractivity contribution in [3.05, 3.63) is 80.1 Å². The fourth-order valence-electron chi connectivity index (χ4n) is 4.70. The number of carbonyl (C=O) groups is 2. The van der Waals surface area contributed by atoms with E-state index >= 15 is 0 Å². The highest BCUT2D eigenvalue weighted by atomic mass is 32.1. The fraction of sp³-hybridized carbons (Fsp3) is 0.321. The summed E-state index contributed by atoms with van der Waals surface area (Å²) in [5.41, 5.74) is 8.92. The molecule has 1 aliphatic rings. The molecule has 8 heteroatoms. The number of fused-ring (bicyclic) bond motifs is 2. The summed E-state index contributed by atoms with van der Waals surface area (Å²) in [6, 6.07) is 8.09. The second kappa shape index (κ2) is 10.1. The third kappa shape index (κ3) is 4.73. The van der Waals surface area contributed by atoms with Gasteiger partial charge in [0, 0.05) is 39.9 Å². The van der Waals surface area contributed by atoms with Crippen LogP contribution in [0.25, 0.3) is 11.0 Å². The molecule has 3 heterocycles. The van der Waals surface area contributed by atoms with Gasteiger partial charge in [-0.25, -0.2) is 5.43 Å². The molecule has 36 heavy (non-hydrogen) atoms. The van der Waals surface area contributed by atoms with Gasteiger partial charge in [0.25, 0.3) is 5.91 Å². The van der Waals surface area contributed by atoms with Crippen LogP contribution in [0.5, 0.6) is 0 Å². The number of rotatable bonds is 7. The molecule has 0 fully saturated rings. The van der Waals surface area contributed by atoms with Crippen molar-refractivity contribution in [1.29, 1.82) is 0 Å². The Balaban J connectivity index is 1.27. The summed E-state index contributed by atoms with van der Waals surface area (Å²) in [4.78, 5) is 26.7. The van der Waals surface area contributed by atoms with Crippen molar-refractivity contribution in [3.8, 4) is 0 Å². The molecule has 0 spiro atoms. The first-order chi connectivity index (χ1) is 17.4. The fourth-order valence-corrected chi connectivity index (χ4v) is 5.41. The summed E-state index contributed by atoms with van der Waals surface area (Å²) < 4.78 is 11.7. The van der Waals surface area contributed by atoms with Crippen LogP contribution in [0.2, 0.25) is 0 Å². The van der Waals surface area contributed by atoms with Crippen LogP contribution in [0.4, 0.5) is 0 Å². The molecule has 2 amide bonds. The Hall–Kier alpha value is -3.65. The first kappa shape index (κ1) is 24.1. The van der Waals surface area contributed by atoms with E-state index in [0.29, 0.717) is 18.7 Å². The molecule has 1 aromatic carbocycles. The third-order valence-electron chi connectivity index (χ3n) is 6.78. The Morgan fingerprint density at radius 1 is 1.11 bits per heavy atom. The largest absolute Gasteiger partial charge is 0.464 e. The average molecular weight is 504 g/mol. The Morgan fingerprint density at radius 3 is 2.78 bits per heavy atom. The summed E-state index contributed by atoms with van der Waals surface area (Å²) in [5.74, 6) is 0.631. The van der Waals surface area contributed by atoms with Crippen molar-refractivity contribution in [2.75, 3.05) is 6.54 Å². The van der Waals surface area contributed by atoms with Crippen molar-refractivity contribution < 1.29 is 18.4 Å². The quantitative estimate of drug-likeness (QED) is 0.331. The smallest absolute Gasteiger partial charge is 0.287 e. The molecule has 0 radical (unpaired) electrons. The maximum Gasteiger partial charge on any atom is 0.287 e. The Labute approximate surface area is 213 Å². The van der Waals surface area contributed by atoms with Crippen LogP contribution in [0.3, 0.4) is 0 Å². The number of furan rings is 2. The average Bonchev–Trinajstić information content (AvgIpc) is 3.60. The van der Waals surface area contributed by atoms with Gasteiger partial charge in [0.15, 0.2) is 5.76 Å². The second-order valence-corrected chi connectivity index (χ2v) is 10.2. The minimum atomic E-state index is -0.223. The number of hydrogen-bond acceptors (Lipinski definition) is 6. The first-order valence-electron chi connectivity index (χ1n) is 12.2. The molecule has 5 rings (SSSR count). The molecule has 7 nitrogen and oxygen atoms in total. The van der Waals surface area contributed by atoms with E-state index in [-0.39, 0.29) is 18.2 Å². The van der Waals surface area contributed by atoms with Gasteiger partial charge >= 0.3 is 0 Å². The minimum absolute atomic E-state index is 0.168. The van der Waals surface area contributed by atoms with E-state index in [0.717, 1.165) is 69.5 Å². The molecule has 0 saturated heterocycles. The van der Waals surface area contributed by atoms with E-state index in [2.05, 4.69) is 21.9 Å².